The number of likely N-dealkylation sites (N-methyl/N-ethyl adjacent to an activating group) is 2. The first-order chi connectivity index (χ1) is 38.5. The fourth-order valence-corrected chi connectivity index (χ4v) is 11.5. The number of amides is 7. The van der Waals surface area contributed by atoms with E-state index in [1.807, 2.05) is 139 Å². The molecule has 2 heterocycles. The highest BCUT2D eigenvalue weighted by Gasteiger charge is 2.47. The van der Waals surface area contributed by atoms with Crippen molar-refractivity contribution in [1.29, 1.82) is 0 Å². The topological polar surface area (TPSA) is 201 Å². The van der Waals surface area contributed by atoms with E-state index >= 15 is 9.59 Å². The lowest BCUT2D eigenvalue weighted by atomic mass is 9.84. The quantitative estimate of drug-likeness (QED) is 0.0565. The van der Waals surface area contributed by atoms with Crippen LogP contribution in [0.5, 0.6) is 0 Å². The summed E-state index contributed by atoms with van der Waals surface area (Å²) in [7, 11) is 3.36. The van der Waals surface area contributed by atoms with E-state index in [1.165, 1.54) is 10.5 Å². The van der Waals surface area contributed by atoms with Crippen LogP contribution in [-0.2, 0) is 54.7 Å². The van der Waals surface area contributed by atoms with Crippen LogP contribution < -0.4 is 31.9 Å². The summed E-state index contributed by atoms with van der Waals surface area (Å²) in [6, 6.07) is 31.0. The van der Waals surface area contributed by atoms with Crippen LogP contribution in [-0.4, -0.2) is 119 Å². The van der Waals surface area contributed by atoms with Gasteiger partial charge in [0.25, 0.3) is 5.91 Å². The second kappa shape index (κ2) is 25.2. The first-order valence-corrected chi connectivity index (χ1v) is 28.7. The van der Waals surface area contributed by atoms with Crippen molar-refractivity contribution in [2.24, 2.45) is 10.8 Å². The Balaban J connectivity index is 1.07. The van der Waals surface area contributed by atoms with E-state index in [2.05, 4.69) is 44.0 Å². The minimum atomic E-state index is -0.971. The Hall–Kier alpha value is -7.43. The zero-order valence-corrected chi connectivity index (χ0v) is 49.0. The highest BCUT2D eigenvalue weighted by atomic mass is 16.2. The lowest BCUT2D eigenvalue weighted by Gasteiger charge is -2.43. The molecule has 0 radical (unpaired) electrons. The molecule has 81 heavy (non-hydrogen) atoms. The van der Waals surface area contributed by atoms with Crippen LogP contribution in [0, 0.1) is 10.8 Å². The largest absolute Gasteiger partial charge is 0.347 e. The first-order valence-electron chi connectivity index (χ1n) is 28.7. The first kappa shape index (κ1) is 59.7. The Kier molecular flexibility index (Phi) is 18.5. The minimum absolute atomic E-state index is 0.0405. The normalized spacial score (nSPS) is 19.9. The van der Waals surface area contributed by atoms with Crippen LogP contribution in [0.15, 0.2) is 115 Å². The van der Waals surface area contributed by atoms with E-state index in [0.29, 0.717) is 5.56 Å². The number of fused-ring (bicyclic) bond motifs is 3. The molecule has 6 N–H and O–H groups in total. The molecule has 5 aromatic carbocycles. The summed E-state index contributed by atoms with van der Waals surface area (Å²) in [5.74, 6) is -2.42. The van der Waals surface area contributed by atoms with Crippen LogP contribution in [0.25, 0.3) is 10.8 Å². The summed E-state index contributed by atoms with van der Waals surface area (Å²) in [6.07, 6.45) is 2.98. The number of benzene rings is 5. The molecule has 5 unspecified atom stereocenters. The smallest absolute Gasteiger partial charge is 0.251 e. The number of rotatable bonds is 17. The molecule has 9 atom stereocenters. The summed E-state index contributed by atoms with van der Waals surface area (Å²) in [6.45, 7) is 17.1. The Morgan fingerprint density at radius 3 is 1.81 bits per heavy atom. The fourth-order valence-electron chi connectivity index (χ4n) is 11.5. The van der Waals surface area contributed by atoms with Gasteiger partial charge in [0.1, 0.15) is 24.2 Å². The average Bonchev–Trinajstić information content (AvgIpc) is 3.94. The van der Waals surface area contributed by atoms with Crippen molar-refractivity contribution < 1.29 is 33.6 Å². The van der Waals surface area contributed by atoms with Crippen molar-refractivity contribution in [2.45, 2.75) is 162 Å². The van der Waals surface area contributed by atoms with Gasteiger partial charge in [-0.15, -0.1) is 0 Å². The van der Waals surface area contributed by atoms with Gasteiger partial charge in [-0.2, -0.15) is 0 Å². The molecule has 7 amide bonds. The van der Waals surface area contributed by atoms with Gasteiger partial charge in [-0.05, 0) is 134 Å². The van der Waals surface area contributed by atoms with Crippen LogP contribution in [0.3, 0.4) is 0 Å². The van der Waals surface area contributed by atoms with Gasteiger partial charge in [0.2, 0.25) is 35.4 Å². The van der Waals surface area contributed by atoms with E-state index in [-0.39, 0.29) is 68.1 Å². The van der Waals surface area contributed by atoms with Crippen molar-refractivity contribution >= 4 is 52.1 Å². The Morgan fingerprint density at radius 1 is 0.630 bits per heavy atom. The minimum Gasteiger partial charge on any atom is -0.347 e. The molecule has 16 nitrogen and oxygen atoms in total. The molecular formula is C65H83N9O7. The van der Waals surface area contributed by atoms with E-state index < -0.39 is 71.0 Å². The number of hydrogen-bond acceptors (Lipinski definition) is 9. The number of hydrogen-bond donors (Lipinski definition) is 6. The Morgan fingerprint density at radius 2 is 1.20 bits per heavy atom. The molecule has 1 saturated heterocycles. The molecule has 5 aromatic rings. The van der Waals surface area contributed by atoms with Crippen molar-refractivity contribution in [1.82, 2.24) is 46.6 Å². The highest BCUT2D eigenvalue weighted by molar-refractivity contribution is 5.97. The van der Waals surface area contributed by atoms with E-state index in [9.17, 15) is 24.0 Å². The zero-order valence-electron chi connectivity index (χ0n) is 49.0. The van der Waals surface area contributed by atoms with Crippen molar-refractivity contribution in [2.75, 3.05) is 20.6 Å². The monoisotopic (exact) mass is 1100 g/mol. The maximum atomic E-state index is 15.7. The van der Waals surface area contributed by atoms with Gasteiger partial charge in [-0.3, -0.25) is 33.6 Å². The molecule has 8 rings (SSSR count). The Bertz CT molecular complexity index is 3130. The number of aryl methyl sites for hydroxylation is 1. The molecule has 3 aliphatic rings. The van der Waals surface area contributed by atoms with Crippen LogP contribution in [0.1, 0.15) is 137 Å². The van der Waals surface area contributed by atoms with Crippen LogP contribution >= 0.6 is 0 Å². The molecular weight excluding hydrogens is 1020 g/mol. The van der Waals surface area contributed by atoms with Gasteiger partial charge < -0.3 is 46.6 Å². The maximum Gasteiger partial charge on any atom is 0.251 e. The number of nitrogens with zero attached hydrogens (tertiary/aromatic N) is 3. The molecule has 2 aliphatic heterocycles. The second-order valence-corrected chi connectivity index (χ2v) is 24.6. The number of carbonyl (C=O) groups excluding carboxylic acids is 7. The van der Waals surface area contributed by atoms with Crippen LogP contribution in [0.4, 0.5) is 0 Å². The van der Waals surface area contributed by atoms with E-state index in [4.69, 9.17) is 0 Å². The van der Waals surface area contributed by atoms with Gasteiger partial charge in [0.15, 0.2) is 0 Å². The molecule has 1 aliphatic carbocycles. The predicted octanol–water partition coefficient (Wildman–Crippen LogP) is 7.05. The van der Waals surface area contributed by atoms with Gasteiger partial charge in [-0.1, -0.05) is 139 Å². The van der Waals surface area contributed by atoms with Gasteiger partial charge in [-0.25, -0.2) is 0 Å². The standard InChI is InChI=1S/C65H83N9O7/c1-39(66-10)57(75)70-55(64(4,5)6)62(80)73-37-49-23-15-14-22-48(49)34-54(73)61(79)72(41(3)46-32-31-43-19-12-13-21-47(43)33-46)36-42-27-29-45(30-28-42)59(77)68-50-35-53(60(78)69-52-26-18-24-44-20-16-17-25-51(44)52)74(38-50)63(81)56(65(7,8)9)71-58(76)40(2)67-11/h12-17,19-23,25,27-33,39-41,50,52-56,66-67H,18,24,26,34-38H2,1-11H3,(H,68,77)(H,69,78)(H,70,75)(H,71,76)/t39?,40?,41-,50+,52-,53+,54?,55?,56?/m1/s1. The summed E-state index contributed by atoms with van der Waals surface area (Å²) in [5, 5.41) is 20.3. The predicted molar refractivity (Wildman–Crippen MR) is 315 cm³/mol. The molecule has 16 heteroatoms. The lowest BCUT2D eigenvalue weighted by molar-refractivity contribution is -0.152. The molecule has 0 bridgehead atoms. The zero-order chi connectivity index (χ0) is 58.5. The lowest BCUT2D eigenvalue weighted by Crippen LogP contribution is -2.62. The van der Waals surface area contributed by atoms with Crippen molar-refractivity contribution in [3.63, 3.8) is 0 Å². The third-order valence-electron chi connectivity index (χ3n) is 16.8. The third-order valence-corrected chi connectivity index (χ3v) is 16.8. The second-order valence-electron chi connectivity index (χ2n) is 24.6. The van der Waals surface area contributed by atoms with Crippen LogP contribution in [0.2, 0.25) is 0 Å². The SMILES string of the molecule is CNC(C)C(=O)NC(C(=O)N1Cc2ccccc2CC1C(=O)N(Cc1ccc(C(=O)N[C@H]2C[C@@H](C(=O)N[C@@H]3CCCc4ccccc43)N(C(=O)C(NC(=O)C(C)NC)C(C)(C)C)C2)cc1)[C@H](C)c1ccc2ccccc2c1)C(C)(C)C. The third kappa shape index (κ3) is 13.7. The summed E-state index contributed by atoms with van der Waals surface area (Å²) >= 11 is 0. The van der Waals surface area contributed by atoms with Gasteiger partial charge in [0.05, 0.1) is 24.2 Å². The average molecular weight is 1100 g/mol. The summed E-state index contributed by atoms with van der Waals surface area (Å²) in [4.78, 5) is 106. The molecule has 430 valence electrons. The van der Waals surface area contributed by atoms with Crippen molar-refractivity contribution in [3.05, 3.63) is 154 Å². The van der Waals surface area contributed by atoms with Gasteiger partial charge >= 0.3 is 0 Å². The van der Waals surface area contributed by atoms with Crippen molar-refractivity contribution in [3.8, 4) is 0 Å². The molecule has 0 saturated carbocycles. The number of carbonyl (C=O) groups is 7. The number of nitrogens with one attached hydrogen (secondary N) is 6. The molecule has 0 spiro atoms. The van der Waals surface area contributed by atoms with E-state index in [1.54, 1.807) is 49.9 Å². The Labute approximate surface area is 477 Å². The molecule has 1 fully saturated rings. The number of likely N-dealkylation sites (tertiary alicyclic amines) is 1. The highest BCUT2D eigenvalue weighted by Crippen LogP contribution is 2.35. The van der Waals surface area contributed by atoms with E-state index in [0.717, 1.165) is 57.9 Å². The summed E-state index contributed by atoms with van der Waals surface area (Å²) in [5.41, 5.74) is 4.68. The van der Waals surface area contributed by atoms with Gasteiger partial charge in [0, 0.05) is 37.7 Å². The maximum absolute atomic E-state index is 15.7. The summed E-state index contributed by atoms with van der Waals surface area (Å²) < 4.78 is 0. The molecule has 0 aromatic heterocycles. The fraction of sp³-hybridized carbons (Fsp3) is 0.462.